The normalized spacial score (nSPS) is 24.9. The number of benzene rings is 1. The number of piperidine rings is 1. The Morgan fingerprint density at radius 1 is 1.26 bits per heavy atom. The molecule has 0 unspecified atom stereocenters. The predicted molar refractivity (Wildman–Crippen MR) is 97.6 cm³/mol. The largest absolute Gasteiger partial charge is 0.484 e. The van der Waals surface area contributed by atoms with Gasteiger partial charge in [0.25, 0.3) is 5.91 Å². The first-order chi connectivity index (χ1) is 13.1. The van der Waals surface area contributed by atoms with Gasteiger partial charge in [0, 0.05) is 25.9 Å². The van der Waals surface area contributed by atoms with Crippen molar-refractivity contribution in [3.8, 4) is 5.75 Å². The van der Waals surface area contributed by atoms with Crippen molar-refractivity contribution < 1.29 is 24.2 Å². The Morgan fingerprint density at radius 3 is 2.81 bits per heavy atom. The van der Waals surface area contributed by atoms with E-state index in [9.17, 15) is 14.7 Å². The molecule has 0 bridgehead atoms. The number of rotatable bonds is 2. The van der Waals surface area contributed by atoms with Gasteiger partial charge in [-0.2, -0.15) is 0 Å². The van der Waals surface area contributed by atoms with E-state index in [2.05, 4.69) is 0 Å². The second-order valence-corrected chi connectivity index (χ2v) is 7.69. The quantitative estimate of drug-likeness (QED) is 0.837. The van der Waals surface area contributed by atoms with E-state index in [1.807, 2.05) is 18.2 Å². The van der Waals surface area contributed by atoms with E-state index >= 15 is 0 Å². The minimum atomic E-state index is -0.526. The molecule has 1 N–H and O–H groups in total. The molecule has 7 heteroatoms. The summed E-state index contributed by atoms with van der Waals surface area (Å²) >= 11 is 0. The molecule has 1 spiro atoms. The number of amides is 2. The Balaban J connectivity index is 1.58. The van der Waals surface area contributed by atoms with E-state index in [-0.39, 0.29) is 18.4 Å². The topological polar surface area (TPSA) is 79.3 Å². The number of ether oxygens (including phenoxy) is 2. The lowest BCUT2D eigenvalue weighted by Gasteiger charge is -2.39. The standard InChI is InChI=1S/C20H26N2O5/c23-15-4-3-9-21(12-15)18(24)13-22-14-20(7-10-26-11-8-20)27-17-6-2-1-5-16(17)19(22)25/h1-2,5-6,15,23H,3-4,7-14H2/t15-/m1/s1. The second-order valence-electron chi connectivity index (χ2n) is 7.69. The zero-order valence-corrected chi connectivity index (χ0v) is 15.4. The van der Waals surface area contributed by atoms with Gasteiger partial charge in [-0.1, -0.05) is 12.1 Å². The van der Waals surface area contributed by atoms with Gasteiger partial charge in [0.05, 0.1) is 31.4 Å². The van der Waals surface area contributed by atoms with E-state index in [4.69, 9.17) is 9.47 Å². The van der Waals surface area contributed by atoms with Crippen molar-refractivity contribution in [2.24, 2.45) is 0 Å². The van der Waals surface area contributed by atoms with Crippen LogP contribution in [0.1, 0.15) is 36.0 Å². The average molecular weight is 374 g/mol. The monoisotopic (exact) mass is 374 g/mol. The van der Waals surface area contributed by atoms with Gasteiger partial charge in [0.2, 0.25) is 5.91 Å². The summed E-state index contributed by atoms with van der Waals surface area (Å²) in [7, 11) is 0. The Morgan fingerprint density at radius 2 is 2.04 bits per heavy atom. The number of hydrogen-bond donors (Lipinski definition) is 1. The van der Waals surface area contributed by atoms with Crippen molar-refractivity contribution in [2.45, 2.75) is 37.4 Å². The summed E-state index contributed by atoms with van der Waals surface area (Å²) in [6, 6.07) is 7.23. The maximum atomic E-state index is 13.1. The number of likely N-dealkylation sites (tertiary alicyclic amines) is 1. The summed E-state index contributed by atoms with van der Waals surface area (Å²) in [6.45, 7) is 2.50. The Labute approximate surface area is 158 Å². The molecule has 1 atom stereocenters. The summed E-state index contributed by atoms with van der Waals surface area (Å²) in [5, 5.41) is 9.85. The Hall–Kier alpha value is -2.12. The molecule has 2 saturated heterocycles. The number of aliphatic hydroxyl groups excluding tert-OH is 1. The highest BCUT2D eigenvalue weighted by atomic mass is 16.5. The van der Waals surface area contributed by atoms with Gasteiger partial charge < -0.3 is 24.4 Å². The first-order valence-electron chi connectivity index (χ1n) is 9.67. The molecular weight excluding hydrogens is 348 g/mol. The van der Waals surface area contributed by atoms with Crippen LogP contribution in [0, 0.1) is 0 Å². The molecule has 0 radical (unpaired) electrons. The van der Waals surface area contributed by atoms with E-state index in [0.29, 0.717) is 57.0 Å². The van der Waals surface area contributed by atoms with Gasteiger partial charge in [0.15, 0.2) is 0 Å². The number of aliphatic hydroxyl groups is 1. The zero-order chi connectivity index (χ0) is 18.9. The van der Waals surface area contributed by atoms with Crippen LogP contribution in [0.5, 0.6) is 5.75 Å². The molecule has 3 aliphatic rings. The first kappa shape index (κ1) is 18.3. The van der Waals surface area contributed by atoms with Crippen molar-refractivity contribution in [2.75, 3.05) is 39.4 Å². The van der Waals surface area contributed by atoms with Crippen LogP contribution in [0.2, 0.25) is 0 Å². The van der Waals surface area contributed by atoms with Crippen LogP contribution in [-0.2, 0) is 9.53 Å². The summed E-state index contributed by atoms with van der Waals surface area (Å²) in [6.07, 6.45) is 2.39. The van der Waals surface area contributed by atoms with E-state index < -0.39 is 11.7 Å². The smallest absolute Gasteiger partial charge is 0.258 e. The van der Waals surface area contributed by atoms with Crippen LogP contribution in [0.15, 0.2) is 24.3 Å². The van der Waals surface area contributed by atoms with Crippen LogP contribution >= 0.6 is 0 Å². The molecule has 3 aliphatic heterocycles. The van der Waals surface area contributed by atoms with Crippen molar-refractivity contribution in [3.63, 3.8) is 0 Å². The molecule has 2 fully saturated rings. The van der Waals surface area contributed by atoms with Gasteiger partial charge >= 0.3 is 0 Å². The SMILES string of the molecule is O=C(CN1CC2(CCOCC2)Oc2ccccc2C1=O)N1CCC[C@@H](O)C1. The first-order valence-corrected chi connectivity index (χ1v) is 9.67. The van der Waals surface area contributed by atoms with E-state index in [1.54, 1.807) is 15.9 Å². The third kappa shape index (κ3) is 3.80. The maximum Gasteiger partial charge on any atom is 0.258 e. The summed E-state index contributed by atoms with van der Waals surface area (Å²) in [5.74, 6) is 0.274. The van der Waals surface area contributed by atoms with Crippen LogP contribution in [0.4, 0.5) is 0 Å². The molecular formula is C20H26N2O5. The van der Waals surface area contributed by atoms with Crippen molar-refractivity contribution in [1.29, 1.82) is 0 Å². The Bertz CT molecular complexity index is 716. The lowest BCUT2D eigenvalue weighted by Crippen LogP contribution is -2.53. The van der Waals surface area contributed by atoms with E-state index in [1.165, 1.54) is 0 Å². The average Bonchev–Trinajstić information content (AvgIpc) is 2.78. The molecule has 0 saturated carbocycles. The third-order valence-electron chi connectivity index (χ3n) is 5.69. The number of carbonyl (C=O) groups is 2. The minimum Gasteiger partial charge on any atom is -0.484 e. The molecule has 1 aromatic carbocycles. The number of nitrogens with zero attached hydrogens (tertiary/aromatic N) is 2. The molecule has 4 rings (SSSR count). The van der Waals surface area contributed by atoms with Gasteiger partial charge in [0.1, 0.15) is 17.9 Å². The Kier molecular flexibility index (Phi) is 5.06. The zero-order valence-electron chi connectivity index (χ0n) is 15.4. The number of hydrogen-bond acceptors (Lipinski definition) is 5. The summed E-state index contributed by atoms with van der Waals surface area (Å²) in [5.41, 5.74) is -0.0327. The predicted octanol–water partition coefficient (Wildman–Crippen LogP) is 1.05. The highest BCUT2D eigenvalue weighted by molar-refractivity contribution is 5.99. The molecule has 27 heavy (non-hydrogen) atoms. The van der Waals surface area contributed by atoms with Gasteiger partial charge in [-0.15, -0.1) is 0 Å². The van der Waals surface area contributed by atoms with Gasteiger partial charge in [-0.25, -0.2) is 0 Å². The molecule has 2 amide bonds. The van der Waals surface area contributed by atoms with E-state index in [0.717, 1.165) is 12.8 Å². The molecule has 0 aromatic heterocycles. The fraction of sp³-hybridized carbons (Fsp3) is 0.600. The molecule has 146 valence electrons. The number of fused-ring (bicyclic) bond motifs is 1. The van der Waals surface area contributed by atoms with Crippen molar-refractivity contribution in [3.05, 3.63) is 29.8 Å². The lowest BCUT2D eigenvalue weighted by atomic mass is 9.93. The van der Waals surface area contributed by atoms with Crippen LogP contribution < -0.4 is 4.74 Å². The maximum absolute atomic E-state index is 13.1. The number of β-amino-alcohol motifs (C(OH)–C–C–N with tert-alkyl or cyclic N) is 1. The van der Waals surface area contributed by atoms with Crippen LogP contribution in [0.25, 0.3) is 0 Å². The summed E-state index contributed by atoms with van der Waals surface area (Å²) < 4.78 is 11.8. The number of carbonyl (C=O) groups excluding carboxylic acids is 2. The van der Waals surface area contributed by atoms with Crippen molar-refractivity contribution in [1.82, 2.24) is 9.80 Å². The molecule has 3 heterocycles. The second kappa shape index (κ2) is 7.48. The van der Waals surface area contributed by atoms with Gasteiger partial charge in [-0.05, 0) is 25.0 Å². The highest BCUT2D eigenvalue weighted by Crippen LogP contribution is 2.35. The summed E-state index contributed by atoms with van der Waals surface area (Å²) in [4.78, 5) is 29.2. The minimum absolute atomic E-state index is 0.00581. The lowest BCUT2D eigenvalue weighted by molar-refractivity contribution is -0.135. The van der Waals surface area contributed by atoms with Crippen molar-refractivity contribution >= 4 is 11.8 Å². The van der Waals surface area contributed by atoms with Crippen LogP contribution in [-0.4, -0.2) is 77.8 Å². The number of para-hydroxylation sites is 1. The highest BCUT2D eigenvalue weighted by Gasteiger charge is 2.42. The van der Waals surface area contributed by atoms with Gasteiger partial charge in [-0.3, -0.25) is 9.59 Å². The molecule has 7 nitrogen and oxygen atoms in total. The molecule has 0 aliphatic carbocycles. The van der Waals surface area contributed by atoms with Crippen LogP contribution in [0.3, 0.4) is 0 Å². The third-order valence-corrected chi connectivity index (χ3v) is 5.69. The fourth-order valence-electron chi connectivity index (χ4n) is 4.16. The molecule has 1 aromatic rings. The fourth-order valence-corrected chi connectivity index (χ4v) is 4.16.